The lowest BCUT2D eigenvalue weighted by atomic mass is 10.1. The van der Waals surface area contributed by atoms with Gasteiger partial charge in [0.15, 0.2) is 23.0 Å². The Hall–Kier alpha value is -3.63. The molecule has 2 aromatic carbocycles. The minimum atomic E-state index is -3.73. The first kappa shape index (κ1) is 19.7. The van der Waals surface area contributed by atoms with Gasteiger partial charge in [-0.25, -0.2) is 23.5 Å². The number of aromatic nitrogens is 3. The number of rotatable bonds is 5. The smallest absolute Gasteiger partial charge is 0.238 e. The Morgan fingerprint density at radius 3 is 2.50 bits per heavy atom. The lowest BCUT2D eigenvalue weighted by molar-refractivity contribution is 0.404. The number of fused-ring (bicyclic) bond motifs is 1. The number of benzene rings is 2. The molecule has 2 heterocycles. The quantitative estimate of drug-likeness (QED) is 0.359. The summed E-state index contributed by atoms with van der Waals surface area (Å²) in [5.74, 6) is 0.149. The normalized spacial score (nSPS) is 11.7. The van der Waals surface area contributed by atoms with Gasteiger partial charge in [0.25, 0.3) is 0 Å². The van der Waals surface area contributed by atoms with E-state index in [2.05, 4.69) is 15.3 Å². The molecule has 0 saturated heterocycles. The Bertz CT molecular complexity index is 1350. The molecule has 0 aliphatic carbocycles. The second-order valence-electron chi connectivity index (χ2n) is 6.81. The van der Waals surface area contributed by atoms with Crippen molar-refractivity contribution < 1.29 is 18.6 Å². The molecule has 2 aromatic heterocycles. The van der Waals surface area contributed by atoms with Crippen molar-refractivity contribution in [3.8, 4) is 22.8 Å². The molecular weight excluding hydrogens is 406 g/mol. The van der Waals surface area contributed by atoms with E-state index in [1.165, 1.54) is 24.3 Å². The molecule has 0 amide bonds. The van der Waals surface area contributed by atoms with Crippen molar-refractivity contribution in [1.82, 2.24) is 14.4 Å². The Morgan fingerprint density at radius 1 is 1.10 bits per heavy atom. The number of imidazole rings is 1. The second kappa shape index (κ2) is 7.32. The first-order valence-corrected chi connectivity index (χ1v) is 10.5. The highest BCUT2D eigenvalue weighted by molar-refractivity contribution is 7.89. The lowest BCUT2D eigenvalue weighted by Gasteiger charge is -2.10. The molecule has 9 nitrogen and oxygen atoms in total. The SMILES string of the molecule is Cc1cn2c(-c3ccc(O)c(O)c3)cnc2c(NCc2ccc(S(N)(=O)=O)cc2)n1. The van der Waals surface area contributed by atoms with E-state index in [1.807, 2.05) is 17.5 Å². The van der Waals surface area contributed by atoms with Crippen LogP contribution < -0.4 is 10.5 Å². The van der Waals surface area contributed by atoms with Crippen molar-refractivity contribution in [2.75, 3.05) is 5.32 Å². The van der Waals surface area contributed by atoms with Gasteiger partial charge in [-0.3, -0.25) is 4.40 Å². The van der Waals surface area contributed by atoms with Gasteiger partial charge >= 0.3 is 0 Å². The molecule has 0 spiro atoms. The number of aromatic hydroxyl groups is 2. The molecule has 0 saturated carbocycles. The highest BCUT2D eigenvalue weighted by Crippen LogP contribution is 2.31. The van der Waals surface area contributed by atoms with Crippen LogP contribution in [0.4, 0.5) is 5.82 Å². The van der Waals surface area contributed by atoms with E-state index in [-0.39, 0.29) is 16.4 Å². The number of phenols is 2. The summed E-state index contributed by atoms with van der Waals surface area (Å²) in [5, 5.41) is 27.7. The minimum absolute atomic E-state index is 0.0531. The largest absolute Gasteiger partial charge is 0.504 e. The van der Waals surface area contributed by atoms with Gasteiger partial charge in [0, 0.05) is 18.3 Å². The van der Waals surface area contributed by atoms with E-state index < -0.39 is 10.0 Å². The minimum Gasteiger partial charge on any atom is -0.504 e. The number of nitrogens with two attached hydrogens (primary N) is 1. The van der Waals surface area contributed by atoms with Crippen LogP contribution in [0.3, 0.4) is 0 Å². The summed E-state index contributed by atoms with van der Waals surface area (Å²) in [6.45, 7) is 2.25. The standard InChI is InChI=1S/C20H19N5O4S/c1-12-11-25-16(14-4-7-17(26)18(27)8-14)10-23-20(25)19(24-12)22-9-13-2-5-15(6-3-13)30(21,28)29/h2-8,10-11,26-27H,9H2,1H3,(H,22,24)(H2,21,28,29). The van der Waals surface area contributed by atoms with Crippen LogP contribution in [-0.4, -0.2) is 33.0 Å². The molecule has 5 N–H and O–H groups in total. The van der Waals surface area contributed by atoms with Gasteiger partial charge in [-0.15, -0.1) is 0 Å². The van der Waals surface area contributed by atoms with Gasteiger partial charge in [-0.2, -0.15) is 0 Å². The van der Waals surface area contributed by atoms with Crippen molar-refractivity contribution in [3.63, 3.8) is 0 Å². The molecule has 0 unspecified atom stereocenters. The van der Waals surface area contributed by atoms with Crippen molar-refractivity contribution in [3.05, 3.63) is 66.1 Å². The number of primary sulfonamides is 1. The summed E-state index contributed by atoms with van der Waals surface area (Å²) >= 11 is 0. The molecule has 4 aromatic rings. The fourth-order valence-corrected chi connectivity index (χ4v) is 3.62. The maximum atomic E-state index is 11.4. The molecule has 0 bridgehead atoms. The van der Waals surface area contributed by atoms with E-state index in [1.54, 1.807) is 24.4 Å². The van der Waals surface area contributed by atoms with Gasteiger partial charge in [0.2, 0.25) is 10.0 Å². The van der Waals surface area contributed by atoms with Crippen LogP contribution in [0, 0.1) is 6.92 Å². The average molecular weight is 425 g/mol. The van der Waals surface area contributed by atoms with Crippen molar-refractivity contribution in [2.45, 2.75) is 18.4 Å². The number of hydrogen-bond donors (Lipinski definition) is 4. The molecule has 10 heteroatoms. The Morgan fingerprint density at radius 2 is 1.83 bits per heavy atom. The first-order chi connectivity index (χ1) is 14.2. The second-order valence-corrected chi connectivity index (χ2v) is 8.38. The third-order valence-corrected chi connectivity index (χ3v) is 5.52. The van der Waals surface area contributed by atoms with E-state index >= 15 is 0 Å². The van der Waals surface area contributed by atoms with Gasteiger partial charge < -0.3 is 15.5 Å². The van der Waals surface area contributed by atoms with Gasteiger partial charge in [-0.05, 0) is 42.8 Å². The zero-order valence-corrected chi connectivity index (χ0v) is 16.8. The van der Waals surface area contributed by atoms with Crippen molar-refractivity contribution in [1.29, 1.82) is 0 Å². The predicted molar refractivity (Wildman–Crippen MR) is 112 cm³/mol. The van der Waals surface area contributed by atoms with Crippen LogP contribution in [0.15, 0.2) is 59.8 Å². The van der Waals surface area contributed by atoms with Crippen molar-refractivity contribution >= 4 is 21.5 Å². The predicted octanol–water partition coefficient (Wildman–Crippen LogP) is 2.38. The summed E-state index contributed by atoms with van der Waals surface area (Å²) in [4.78, 5) is 9.01. The summed E-state index contributed by atoms with van der Waals surface area (Å²) in [7, 11) is -3.73. The van der Waals surface area contributed by atoms with Crippen LogP contribution in [0.2, 0.25) is 0 Å². The fourth-order valence-electron chi connectivity index (χ4n) is 3.11. The average Bonchev–Trinajstić information content (AvgIpc) is 3.11. The van der Waals surface area contributed by atoms with Crippen LogP contribution in [-0.2, 0) is 16.6 Å². The van der Waals surface area contributed by atoms with E-state index in [9.17, 15) is 18.6 Å². The number of aryl methyl sites for hydroxylation is 1. The molecular formula is C20H19N5O4S. The molecule has 0 aliphatic rings. The molecule has 0 radical (unpaired) electrons. The highest BCUT2D eigenvalue weighted by atomic mass is 32.2. The first-order valence-electron chi connectivity index (χ1n) is 8.95. The Kier molecular flexibility index (Phi) is 4.80. The third-order valence-electron chi connectivity index (χ3n) is 4.60. The van der Waals surface area contributed by atoms with Crippen LogP contribution >= 0.6 is 0 Å². The van der Waals surface area contributed by atoms with Crippen LogP contribution in [0.5, 0.6) is 11.5 Å². The highest BCUT2D eigenvalue weighted by Gasteiger charge is 2.13. The monoisotopic (exact) mass is 425 g/mol. The zero-order valence-electron chi connectivity index (χ0n) is 15.9. The third kappa shape index (κ3) is 3.78. The Balaban J connectivity index is 1.65. The summed E-state index contributed by atoms with van der Waals surface area (Å²) in [5.41, 5.74) is 3.60. The zero-order chi connectivity index (χ0) is 21.5. The van der Waals surface area contributed by atoms with Crippen molar-refractivity contribution in [2.24, 2.45) is 5.14 Å². The van der Waals surface area contributed by atoms with Gasteiger partial charge in [0.05, 0.1) is 22.5 Å². The molecule has 4 rings (SSSR count). The van der Waals surface area contributed by atoms with E-state index in [0.29, 0.717) is 23.6 Å². The molecule has 0 aliphatic heterocycles. The van der Waals surface area contributed by atoms with E-state index in [0.717, 1.165) is 17.0 Å². The summed E-state index contributed by atoms with van der Waals surface area (Å²) in [6, 6.07) is 10.8. The maximum absolute atomic E-state index is 11.4. The van der Waals surface area contributed by atoms with E-state index in [4.69, 9.17) is 5.14 Å². The molecule has 30 heavy (non-hydrogen) atoms. The number of hydrogen-bond acceptors (Lipinski definition) is 7. The van der Waals surface area contributed by atoms with Gasteiger partial charge in [-0.1, -0.05) is 12.1 Å². The molecule has 0 fully saturated rings. The fraction of sp³-hybridized carbons (Fsp3) is 0.100. The van der Waals surface area contributed by atoms with Crippen LogP contribution in [0.1, 0.15) is 11.3 Å². The number of phenolic OH excluding ortho intramolecular Hbond substituents is 2. The summed E-state index contributed by atoms with van der Waals surface area (Å²) in [6.07, 6.45) is 3.49. The number of anilines is 1. The topological polar surface area (TPSA) is 143 Å². The number of nitrogens with one attached hydrogen (secondary N) is 1. The molecule has 0 atom stereocenters. The summed E-state index contributed by atoms with van der Waals surface area (Å²) < 4.78 is 24.6. The van der Waals surface area contributed by atoms with Crippen LogP contribution in [0.25, 0.3) is 16.9 Å². The number of sulfonamides is 1. The number of nitrogens with zero attached hydrogens (tertiary/aromatic N) is 3. The van der Waals surface area contributed by atoms with Gasteiger partial charge in [0.1, 0.15) is 0 Å². The maximum Gasteiger partial charge on any atom is 0.238 e. The molecule has 154 valence electrons. The Labute approximate surface area is 172 Å². The lowest BCUT2D eigenvalue weighted by Crippen LogP contribution is -2.12.